The van der Waals surface area contributed by atoms with Gasteiger partial charge in [-0.2, -0.15) is 0 Å². The molecule has 30 heavy (non-hydrogen) atoms. The van der Waals surface area contributed by atoms with E-state index in [4.69, 9.17) is 9.47 Å². The number of rotatable bonds is 8. The Bertz CT molecular complexity index is 898. The number of amides is 1. The van der Waals surface area contributed by atoms with Crippen molar-refractivity contribution in [3.63, 3.8) is 0 Å². The SMILES string of the molecule is CN=C(NCCCN1C(=O)COc2ccccc21)NCCc1ccc(C)c(OC)c1. The van der Waals surface area contributed by atoms with Crippen LogP contribution in [0.15, 0.2) is 47.5 Å². The maximum atomic E-state index is 12.2. The summed E-state index contributed by atoms with van der Waals surface area (Å²) in [5, 5.41) is 6.64. The first-order valence-corrected chi connectivity index (χ1v) is 10.2. The molecule has 0 aliphatic carbocycles. The Kier molecular flexibility index (Phi) is 7.54. The van der Waals surface area contributed by atoms with Gasteiger partial charge in [0.05, 0.1) is 12.8 Å². The van der Waals surface area contributed by atoms with Gasteiger partial charge in [0.15, 0.2) is 12.6 Å². The fraction of sp³-hybridized carbons (Fsp3) is 0.391. The van der Waals surface area contributed by atoms with E-state index in [0.29, 0.717) is 13.1 Å². The number of nitrogens with zero attached hydrogens (tertiary/aromatic N) is 2. The van der Waals surface area contributed by atoms with Crippen LogP contribution < -0.4 is 25.0 Å². The van der Waals surface area contributed by atoms with E-state index in [-0.39, 0.29) is 12.5 Å². The predicted octanol–water partition coefficient (Wildman–Crippen LogP) is 2.53. The fourth-order valence-electron chi connectivity index (χ4n) is 3.41. The number of fused-ring (bicyclic) bond motifs is 1. The molecule has 1 heterocycles. The molecular weight excluding hydrogens is 380 g/mol. The zero-order valence-corrected chi connectivity index (χ0v) is 17.9. The number of para-hydroxylation sites is 2. The molecule has 2 aromatic carbocycles. The van der Waals surface area contributed by atoms with Crippen LogP contribution in [0.5, 0.6) is 11.5 Å². The van der Waals surface area contributed by atoms with Crippen LogP contribution in [0, 0.1) is 6.92 Å². The molecule has 1 aliphatic heterocycles. The van der Waals surface area contributed by atoms with Gasteiger partial charge in [-0.05, 0) is 49.1 Å². The highest BCUT2D eigenvalue weighted by molar-refractivity contribution is 5.97. The van der Waals surface area contributed by atoms with Crippen molar-refractivity contribution in [2.75, 3.05) is 45.3 Å². The number of carbonyl (C=O) groups excluding carboxylic acids is 1. The van der Waals surface area contributed by atoms with Crippen molar-refractivity contribution in [2.24, 2.45) is 4.99 Å². The van der Waals surface area contributed by atoms with Gasteiger partial charge in [-0.25, -0.2) is 0 Å². The van der Waals surface area contributed by atoms with Crippen LogP contribution in [-0.4, -0.2) is 52.3 Å². The molecule has 7 nitrogen and oxygen atoms in total. The summed E-state index contributed by atoms with van der Waals surface area (Å²) < 4.78 is 10.9. The third-order valence-corrected chi connectivity index (χ3v) is 5.06. The quantitative estimate of drug-likeness (QED) is 0.397. The third-order valence-electron chi connectivity index (χ3n) is 5.06. The Balaban J connectivity index is 1.41. The van der Waals surface area contributed by atoms with Crippen molar-refractivity contribution in [1.82, 2.24) is 10.6 Å². The average Bonchev–Trinajstić information content (AvgIpc) is 2.77. The highest BCUT2D eigenvalue weighted by Crippen LogP contribution is 2.31. The highest BCUT2D eigenvalue weighted by atomic mass is 16.5. The number of methoxy groups -OCH3 is 1. The van der Waals surface area contributed by atoms with E-state index in [1.807, 2.05) is 31.2 Å². The smallest absolute Gasteiger partial charge is 0.265 e. The van der Waals surface area contributed by atoms with Gasteiger partial charge < -0.3 is 25.0 Å². The van der Waals surface area contributed by atoms with Gasteiger partial charge in [0.1, 0.15) is 11.5 Å². The van der Waals surface area contributed by atoms with Gasteiger partial charge in [-0.15, -0.1) is 0 Å². The van der Waals surface area contributed by atoms with Gasteiger partial charge in [-0.3, -0.25) is 9.79 Å². The second-order valence-corrected chi connectivity index (χ2v) is 7.14. The zero-order valence-electron chi connectivity index (χ0n) is 17.9. The molecule has 0 aromatic heterocycles. The number of nitrogens with one attached hydrogen (secondary N) is 2. The Morgan fingerprint density at radius 2 is 2.00 bits per heavy atom. The van der Waals surface area contributed by atoms with Crippen molar-refractivity contribution >= 4 is 17.6 Å². The van der Waals surface area contributed by atoms with Gasteiger partial charge in [0.2, 0.25) is 0 Å². The summed E-state index contributed by atoms with van der Waals surface area (Å²) in [7, 11) is 3.45. The Morgan fingerprint density at radius 1 is 1.20 bits per heavy atom. The summed E-state index contributed by atoms with van der Waals surface area (Å²) in [6, 6.07) is 13.9. The Hall–Kier alpha value is -3.22. The molecule has 160 valence electrons. The van der Waals surface area contributed by atoms with Crippen LogP contribution in [0.4, 0.5) is 5.69 Å². The van der Waals surface area contributed by atoms with Crippen molar-refractivity contribution in [3.8, 4) is 11.5 Å². The lowest BCUT2D eigenvalue weighted by Crippen LogP contribution is -2.42. The van der Waals surface area contributed by atoms with E-state index >= 15 is 0 Å². The number of anilines is 1. The normalized spacial score (nSPS) is 13.5. The van der Waals surface area contributed by atoms with Crippen molar-refractivity contribution in [1.29, 1.82) is 0 Å². The largest absolute Gasteiger partial charge is 0.496 e. The minimum atomic E-state index is -0.00951. The van der Waals surface area contributed by atoms with Crippen LogP contribution >= 0.6 is 0 Å². The van der Waals surface area contributed by atoms with Gasteiger partial charge >= 0.3 is 0 Å². The van der Waals surface area contributed by atoms with E-state index in [0.717, 1.165) is 48.1 Å². The molecular formula is C23H30N4O3. The molecule has 0 saturated carbocycles. The van der Waals surface area contributed by atoms with Crippen molar-refractivity contribution < 1.29 is 14.3 Å². The summed E-state index contributed by atoms with van der Waals surface area (Å²) in [5.74, 6) is 2.41. The summed E-state index contributed by atoms with van der Waals surface area (Å²) in [5.41, 5.74) is 3.18. The fourth-order valence-corrected chi connectivity index (χ4v) is 3.41. The molecule has 1 aliphatic rings. The van der Waals surface area contributed by atoms with Gasteiger partial charge in [0, 0.05) is 26.7 Å². The molecule has 0 fully saturated rings. The molecule has 0 unspecified atom stereocenters. The number of benzene rings is 2. The Labute approximate surface area is 178 Å². The predicted molar refractivity (Wildman–Crippen MR) is 120 cm³/mol. The van der Waals surface area contributed by atoms with E-state index < -0.39 is 0 Å². The molecule has 3 rings (SSSR count). The first kappa shape index (κ1) is 21.5. The van der Waals surface area contributed by atoms with Crippen LogP contribution in [0.3, 0.4) is 0 Å². The molecule has 2 aromatic rings. The van der Waals surface area contributed by atoms with Crippen LogP contribution in [0.25, 0.3) is 0 Å². The Morgan fingerprint density at radius 3 is 2.80 bits per heavy atom. The minimum Gasteiger partial charge on any atom is -0.496 e. The summed E-state index contributed by atoms with van der Waals surface area (Å²) in [4.78, 5) is 18.3. The van der Waals surface area contributed by atoms with Crippen LogP contribution in [-0.2, 0) is 11.2 Å². The lowest BCUT2D eigenvalue weighted by molar-refractivity contribution is -0.121. The van der Waals surface area contributed by atoms with Crippen LogP contribution in [0.1, 0.15) is 17.5 Å². The van der Waals surface area contributed by atoms with Gasteiger partial charge in [-0.1, -0.05) is 24.3 Å². The number of carbonyl (C=O) groups is 1. The summed E-state index contributed by atoms with van der Waals surface area (Å²) >= 11 is 0. The standard InChI is InChI=1S/C23H30N4O3/c1-17-9-10-18(15-21(17)29-3)11-13-26-23(24-2)25-12-6-14-27-19-7-4-5-8-20(19)30-16-22(27)28/h4-5,7-10,15H,6,11-14,16H2,1-3H3,(H2,24,25,26). The summed E-state index contributed by atoms with van der Waals surface area (Å²) in [6.45, 7) is 4.24. The maximum Gasteiger partial charge on any atom is 0.265 e. The molecule has 2 N–H and O–H groups in total. The molecule has 1 amide bonds. The first-order valence-electron chi connectivity index (χ1n) is 10.2. The van der Waals surface area contributed by atoms with Crippen LogP contribution in [0.2, 0.25) is 0 Å². The monoisotopic (exact) mass is 410 g/mol. The second-order valence-electron chi connectivity index (χ2n) is 7.14. The molecule has 7 heteroatoms. The van der Waals surface area contributed by atoms with E-state index in [1.165, 1.54) is 5.56 Å². The number of hydrogen-bond acceptors (Lipinski definition) is 4. The lowest BCUT2D eigenvalue weighted by Gasteiger charge is -2.29. The number of hydrogen-bond donors (Lipinski definition) is 2. The van der Waals surface area contributed by atoms with Gasteiger partial charge in [0.25, 0.3) is 5.91 Å². The highest BCUT2D eigenvalue weighted by Gasteiger charge is 2.24. The summed E-state index contributed by atoms with van der Waals surface area (Å²) in [6.07, 6.45) is 1.67. The van der Waals surface area contributed by atoms with E-state index in [1.54, 1.807) is 19.1 Å². The number of guanidine groups is 1. The maximum absolute atomic E-state index is 12.2. The molecule has 0 saturated heterocycles. The lowest BCUT2D eigenvalue weighted by atomic mass is 10.1. The topological polar surface area (TPSA) is 75.2 Å². The van der Waals surface area contributed by atoms with E-state index in [2.05, 4.69) is 33.8 Å². The first-order chi connectivity index (χ1) is 14.6. The molecule has 0 bridgehead atoms. The number of aliphatic imine (C=N–C) groups is 1. The average molecular weight is 411 g/mol. The second kappa shape index (κ2) is 10.5. The number of ether oxygens (including phenoxy) is 2. The van der Waals surface area contributed by atoms with Crippen molar-refractivity contribution in [2.45, 2.75) is 19.8 Å². The zero-order chi connectivity index (χ0) is 21.3. The molecule has 0 spiro atoms. The minimum absolute atomic E-state index is 0.00951. The number of aryl methyl sites for hydroxylation is 1. The van der Waals surface area contributed by atoms with E-state index in [9.17, 15) is 4.79 Å². The molecule has 0 atom stereocenters. The van der Waals surface area contributed by atoms with Crippen molar-refractivity contribution in [3.05, 3.63) is 53.6 Å². The third kappa shape index (κ3) is 5.43. The molecule has 0 radical (unpaired) electrons.